The number of methoxy groups -OCH3 is 1. The van der Waals surface area contributed by atoms with Crippen LogP contribution in [0.15, 0.2) is 24.3 Å². The van der Waals surface area contributed by atoms with Gasteiger partial charge in [-0.25, -0.2) is 0 Å². The monoisotopic (exact) mass is 207 g/mol. The predicted molar refractivity (Wildman–Crippen MR) is 64.3 cm³/mol. The van der Waals surface area contributed by atoms with Gasteiger partial charge in [-0.15, -0.1) is 0 Å². The van der Waals surface area contributed by atoms with Crippen molar-refractivity contribution in [3.05, 3.63) is 35.4 Å². The lowest BCUT2D eigenvalue weighted by Crippen LogP contribution is -2.22. The molecule has 0 aliphatic heterocycles. The lowest BCUT2D eigenvalue weighted by molar-refractivity contribution is 0.199. The molecule has 0 saturated heterocycles. The number of hydrogen-bond donors (Lipinski definition) is 1. The minimum absolute atomic E-state index is 0.787. The number of ether oxygens (including phenoxy) is 1. The molecule has 1 rings (SSSR count). The quantitative estimate of drug-likeness (QED) is 0.691. The van der Waals surface area contributed by atoms with Gasteiger partial charge in [-0.3, -0.25) is 0 Å². The standard InChI is InChI=1S/C13H21NO/c1-3-12-6-4-5-7-13(12)8-9-14-10-11-15-2/h4-7,14H,3,8-11H2,1-2H3. The third-order valence-corrected chi connectivity index (χ3v) is 2.55. The summed E-state index contributed by atoms with van der Waals surface area (Å²) in [4.78, 5) is 0. The minimum Gasteiger partial charge on any atom is -0.383 e. The van der Waals surface area contributed by atoms with Gasteiger partial charge in [0.15, 0.2) is 0 Å². The van der Waals surface area contributed by atoms with E-state index in [4.69, 9.17) is 4.74 Å². The Balaban J connectivity index is 2.30. The van der Waals surface area contributed by atoms with E-state index in [-0.39, 0.29) is 0 Å². The van der Waals surface area contributed by atoms with Crippen LogP contribution >= 0.6 is 0 Å². The van der Waals surface area contributed by atoms with Crippen LogP contribution in [0.2, 0.25) is 0 Å². The molecule has 0 radical (unpaired) electrons. The van der Waals surface area contributed by atoms with E-state index in [0.717, 1.165) is 32.5 Å². The van der Waals surface area contributed by atoms with Crippen LogP contribution in [0.4, 0.5) is 0 Å². The van der Waals surface area contributed by atoms with Crippen molar-refractivity contribution in [2.75, 3.05) is 26.8 Å². The Hall–Kier alpha value is -0.860. The van der Waals surface area contributed by atoms with E-state index >= 15 is 0 Å². The Morgan fingerprint density at radius 2 is 1.87 bits per heavy atom. The molecule has 0 spiro atoms. The number of aryl methyl sites for hydroxylation is 1. The van der Waals surface area contributed by atoms with Gasteiger partial charge in [0, 0.05) is 13.7 Å². The van der Waals surface area contributed by atoms with E-state index in [2.05, 4.69) is 36.5 Å². The van der Waals surface area contributed by atoms with Gasteiger partial charge >= 0.3 is 0 Å². The molecule has 0 aliphatic rings. The maximum absolute atomic E-state index is 4.98. The van der Waals surface area contributed by atoms with Crippen molar-refractivity contribution in [1.82, 2.24) is 5.32 Å². The van der Waals surface area contributed by atoms with Crippen LogP contribution in [0.25, 0.3) is 0 Å². The van der Waals surface area contributed by atoms with Gasteiger partial charge in [-0.2, -0.15) is 0 Å². The van der Waals surface area contributed by atoms with Gasteiger partial charge in [-0.1, -0.05) is 31.2 Å². The van der Waals surface area contributed by atoms with Gasteiger partial charge in [0.25, 0.3) is 0 Å². The Kier molecular flexibility index (Phi) is 6.05. The molecule has 15 heavy (non-hydrogen) atoms. The van der Waals surface area contributed by atoms with E-state index in [1.54, 1.807) is 7.11 Å². The molecule has 84 valence electrons. The molecule has 1 N–H and O–H groups in total. The number of nitrogens with one attached hydrogen (secondary N) is 1. The Morgan fingerprint density at radius 1 is 1.13 bits per heavy atom. The van der Waals surface area contributed by atoms with Crippen molar-refractivity contribution < 1.29 is 4.74 Å². The second kappa shape index (κ2) is 7.43. The SMILES string of the molecule is CCc1ccccc1CCNCCOC. The van der Waals surface area contributed by atoms with Gasteiger partial charge in [0.1, 0.15) is 0 Å². The van der Waals surface area contributed by atoms with Crippen LogP contribution in [-0.4, -0.2) is 26.8 Å². The van der Waals surface area contributed by atoms with Gasteiger partial charge < -0.3 is 10.1 Å². The molecule has 2 heteroatoms. The summed E-state index contributed by atoms with van der Waals surface area (Å²) in [6.07, 6.45) is 2.22. The summed E-state index contributed by atoms with van der Waals surface area (Å²) in [5.41, 5.74) is 2.93. The molecule has 0 bridgehead atoms. The van der Waals surface area contributed by atoms with Crippen LogP contribution in [0.3, 0.4) is 0 Å². The molecule has 0 atom stereocenters. The van der Waals surface area contributed by atoms with E-state index in [1.807, 2.05) is 0 Å². The Bertz CT molecular complexity index is 273. The fourth-order valence-corrected chi connectivity index (χ4v) is 1.67. The van der Waals surface area contributed by atoms with Gasteiger partial charge in [0.2, 0.25) is 0 Å². The Labute approximate surface area is 92.6 Å². The molecule has 1 aromatic rings. The van der Waals surface area contributed by atoms with Crippen LogP contribution in [0.5, 0.6) is 0 Å². The third-order valence-electron chi connectivity index (χ3n) is 2.55. The highest BCUT2D eigenvalue weighted by atomic mass is 16.5. The van der Waals surface area contributed by atoms with Crippen molar-refractivity contribution in [3.63, 3.8) is 0 Å². The topological polar surface area (TPSA) is 21.3 Å². The summed E-state index contributed by atoms with van der Waals surface area (Å²) in [6.45, 7) is 4.96. The van der Waals surface area contributed by atoms with E-state index in [0.29, 0.717) is 0 Å². The van der Waals surface area contributed by atoms with Crippen molar-refractivity contribution in [1.29, 1.82) is 0 Å². The molecule has 0 saturated carbocycles. The molecule has 0 fully saturated rings. The highest BCUT2D eigenvalue weighted by molar-refractivity contribution is 5.27. The van der Waals surface area contributed by atoms with Crippen LogP contribution < -0.4 is 5.32 Å². The zero-order valence-corrected chi connectivity index (χ0v) is 9.75. The first kappa shape index (κ1) is 12.2. The highest BCUT2D eigenvalue weighted by Gasteiger charge is 1.98. The van der Waals surface area contributed by atoms with Gasteiger partial charge in [0.05, 0.1) is 6.61 Å². The molecular weight excluding hydrogens is 186 g/mol. The summed E-state index contributed by atoms with van der Waals surface area (Å²) in [5, 5.41) is 3.36. The number of hydrogen-bond acceptors (Lipinski definition) is 2. The first-order valence-corrected chi connectivity index (χ1v) is 5.65. The predicted octanol–water partition coefficient (Wildman–Crippen LogP) is 2.03. The number of rotatable bonds is 7. The van der Waals surface area contributed by atoms with Crippen molar-refractivity contribution in [2.45, 2.75) is 19.8 Å². The summed E-state index contributed by atoms with van der Waals surface area (Å²) in [6, 6.07) is 8.66. The van der Waals surface area contributed by atoms with E-state index in [1.165, 1.54) is 11.1 Å². The van der Waals surface area contributed by atoms with Crippen LogP contribution in [0, 0.1) is 0 Å². The maximum Gasteiger partial charge on any atom is 0.0587 e. The van der Waals surface area contributed by atoms with Crippen LogP contribution in [0.1, 0.15) is 18.1 Å². The summed E-state index contributed by atoms with van der Waals surface area (Å²) in [5.74, 6) is 0. The first-order chi connectivity index (χ1) is 7.38. The second-order valence-electron chi connectivity index (χ2n) is 3.62. The maximum atomic E-state index is 4.98. The molecule has 0 aromatic heterocycles. The van der Waals surface area contributed by atoms with Gasteiger partial charge in [-0.05, 0) is 30.5 Å². The molecule has 0 heterocycles. The van der Waals surface area contributed by atoms with Crippen molar-refractivity contribution >= 4 is 0 Å². The summed E-state index contributed by atoms with van der Waals surface area (Å²) >= 11 is 0. The largest absolute Gasteiger partial charge is 0.383 e. The average Bonchev–Trinajstić information content (AvgIpc) is 2.29. The smallest absolute Gasteiger partial charge is 0.0587 e. The van der Waals surface area contributed by atoms with E-state index in [9.17, 15) is 0 Å². The molecule has 2 nitrogen and oxygen atoms in total. The molecule has 1 aromatic carbocycles. The van der Waals surface area contributed by atoms with E-state index < -0.39 is 0 Å². The Morgan fingerprint density at radius 3 is 2.53 bits per heavy atom. The zero-order chi connectivity index (χ0) is 10.9. The molecule has 0 aliphatic carbocycles. The summed E-state index contributed by atoms with van der Waals surface area (Å²) in [7, 11) is 1.73. The molecular formula is C13H21NO. The fourth-order valence-electron chi connectivity index (χ4n) is 1.67. The lowest BCUT2D eigenvalue weighted by atomic mass is 10.0. The molecule has 0 unspecified atom stereocenters. The number of benzene rings is 1. The van der Waals surface area contributed by atoms with Crippen molar-refractivity contribution in [2.24, 2.45) is 0 Å². The third kappa shape index (κ3) is 4.45. The van der Waals surface area contributed by atoms with Crippen molar-refractivity contribution in [3.8, 4) is 0 Å². The zero-order valence-electron chi connectivity index (χ0n) is 9.75. The minimum atomic E-state index is 0.787. The normalized spacial score (nSPS) is 10.5. The second-order valence-corrected chi connectivity index (χ2v) is 3.62. The van der Waals surface area contributed by atoms with Crippen LogP contribution in [-0.2, 0) is 17.6 Å². The lowest BCUT2D eigenvalue weighted by Gasteiger charge is -2.08. The first-order valence-electron chi connectivity index (χ1n) is 5.65. The summed E-state index contributed by atoms with van der Waals surface area (Å²) < 4.78 is 4.98. The average molecular weight is 207 g/mol. The highest BCUT2D eigenvalue weighted by Crippen LogP contribution is 2.09. The fraction of sp³-hybridized carbons (Fsp3) is 0.538. The molecule has 0 amide bonds.